The predicted molar refractivity (Wildman–Crippen MR) is 125 cm³/mol. The summed E-state index contributed by atoms with van der Waals surface area (Å²) in [6.07, 6.45) is 19.4. The molecule has 0 aromatic heterocycles. The molecule has 0 bridgehead atoms. The van der Waals surface area contributed by atoms with Crippen LogP contribution in [0.15, 0.2) is 18.2 Å². The molecule has 3 nitrogen and oxygen atoms in total. The van der Waals surface area contributed by atoms with Crippen LogP contribution in [-0.2, 0) is 44.1 Å². The van der Waals surface area contributed by atoms with Gasteiger partial charge in [-0.2, -0.15) is 0 Å². The van der Waals surface area contributed by atoms with Gasteiger partial charge in [0.2, 0.25) is 0 Å². The van der Waals surface area contributed by atoms with Crippen molar-refractivity contribution in [3.05, 3.63) is 29.3 Å². The van der Waals surface area contributed by atoms with Crippen LogP contribution in [0.4, 0.5) is 0 Å². The van der Waals surface area contributed by atoms with Crippen LogP contribution in [0.25, 0.3) is 0 Å². The quantitative estimate of drug-likeness (QED) is 0.128. The molecule has 0 fully saturated rings. The van der Waals surface area contributed by atoms with Gasteiger partial charge in [0.1, 0.15) is 5.75 Å². The summed E-state index contributed by atoms with van der Waals surface area (Å²) < 4.78 is 5.17. The van der Waals surface area contributed by atoms with Crippen LogP contribution < -0.4 is 14.3 Å². The average molecular weight is 506 g/mol. The van der Waals surface area contributed by atoms with Gasteiger partial charge in [-0.25, -0.2) is 0 Å². The molecule has 30 heavy (non-hydrogen) atoms. The summed E-state index contributed by atoms with van der Waals surface area (Å²) in [5.74, 6) is 0.449. The van der Waals surface area contributed by atoms with Crippen molar-refractivity contribution in [1.29, 1.82) is 0 Å². The van der Waals surface area contributed by atoms with E-state index in [1.54, 1.807) is 6.07 Å². The zero-order valence-electron chi connectivity index (χ0n) is 19.3. The Balaban J connectivity index is 0.00000841. The van der Waals surface area contributed by atoms with E-state index in [9.17, 15) is 9.79 Å². The van der Waals surface area contributed by atoms with Gasteiger partial charge in [-0.3, -0.25) is 0 Å². The van der Waals surface area contributed by atoms with Crippen molar-refractivity contribution in [2.45, 2.75) is 117 Å². The van der Waals surface area contributed by atoms with Crippen molar-refractivity contribution in [1.82, 2.24) is 0 Å². The van der Waals surface area contributed by atoms with E-state index in [1.807, 2.05) is 6.07 Å². The first-order chi connectivity index (χ1) is 14.0. The van der Waals surface area contributed by atoms with E-state index < -0.39 is 6.72 Å². The van der Waals surface area contributed by atoms with E-state index in [0.29, 0.717) is 5.75 Å². The SMILES string of the molecule is CCCCCCCCCc1cccc(OP([O-])([O-])=S)c1CCCCCCCCC.[Zn+2]. The van der Waals surface area contributed by atoms with Crippen molar-refractivity contribution < 1.29 is 33.8 Å². The second-order valence-electron chi connectivity index (χ2n) is 8.17. The molecule has 168 valence electrons. The molecular weight excluding hydrogens is 465 g/mol. The zero-order chi connectivity index (χ0) is 21.4. The zero-order valence-corrected chi connectivity index (χ0v) is 24.0. The third-order valence-corrected chi connectivity index (χ3v) is 6.16. The van der Waals surface area contributed by atoms with Gasteiger partial charge in [0.15, 0.2) is 0 Å². The van der Waals surface area contributed by atoms with Crippen LogP contribution >= 0.6 is 6.72 Å². The third-order valence-electron chi connectivity index (χ3n) is 5.52. The van der Waals surface area contributed by atoms with Crippen LogP contribution in [0.1, 0.15) is 115 Å². The van der Waals surface area contributed by atoms with Gasteiger partial charge in [0.25, 0.3) is 0 Å². The van der Waals surface area contributed by atoms with Crippen molar-refractivity contribution in [3.8, 4) is 5.75 Å². The van der Waals surface area contributed by atoms with Gasteiger partial charge in [-0.1, -0.05) is 115 Å². The molecule has 1 aromatic carbocycles. The van der Waals surface area contributed by atoms with E-state index in [0.717, 1.165) is 31.2 Å². The number of rotatable bonds is 18. The molecule has 0 amide bonds. The molecule has 0 saturated carbocycles. The summed E-state index contributed by atoms with van der Waals surface area (Å²) in [4.78, 5) is 23.1. The van der Waals surface area contributed by atoms with Crippen molar-refractivity contribution in [2.24, 2.45) is 0 Å². The molecule has 0 aliphatic rings. The second kappa shape index (κ2) is 18.8. The second-order valence-corrected chi connectivity index (χ2v) is 10.6. The van der Waals surface area contributed by atoms with Gasteiger partial charge in [0, 0.05) is 0 Å². The normalized spacial score (nSPS) is 11.3. The minimum absolute atomic E-state index is 0. The third kappa shape index (κ3) is 15.1. The predicted octanol–water partition coefficient (Wildman–Crippen LogP) is 6.59. The smallest absolute Gasteiger partial charge is 0.803 e. The van der Waals surface area contributed by atoms with E-state index in [-0.39, 0.29) is 19.5 Å². The minimum Gasteiger partial charge on any atom is -0.803 e. The molecule has 0 saturated heterocycles. The molecule has 0 atom stereocenters. The number of hydrogen-bond donors (Lipinski definition) is 0. The van der Waals surface area contributed by atoms with E-state index >= 15 is 0 Å². The number of hydrogen-bond acceptors (Lipinski definition) is 4. The first-order valence-electron chi connectivity index (χ1n) is 11.8. The van der Waals surface area contributed by atoms with Crippen LogP contribution in [0.5, 0.6) is 5.75 Å². The van der Waals surface area contributed by atoms with Crippen LogP contribution in [0.2, 0.25) is 0 Å². The summed E-state index contributed by atoms with van der Waals surface area (Å²) in [7, 11) is 0. The monoisotopic (exact) mass is 504 g/mol. The topological polar surface area (TPSA) is 55.3 Å². The Bertz CT molecular complexity index is 592. The van der Waals surface area contributed by atoms with Gasteiger partial charge >= 0.3 is 19.5 Å². The summed E-state index contributed by atoms with van der Waals surface area (Å²) in [5.41, 5.74) is 2.28. The summed E-state index contributed by atoms with van der Waals surface area (Å²) in [5, 5.41) is 0. The largest absolute Gasteiger partial charge is 2.00 e. The maximum Gasteiger partial charge on any atom is 2.00 e. The average Bonchev–Trinajstić information content (AvgIpc) is 2.67. The van der Waals surface area contributed by atoms with E-state index in [1.165, 1.54) is 82.6 Å². The number of aryl methyl sites for hydroxylation is 1. The molecule has 0 aliphatic carbocycles. The summed E-state index contributed by atoms with van der Waals surface area (Å²) in [6, 6.07) is 5.77. The van der Waals surface area contributed by atoms with Crippen molar-refractivity contribution >= 4 is 18.5 Å². The fourth-order valence-electron chi connectivity index (χ4n) is 3.87. The number of unbranched alkanes of at least 4 members (excludes halogenated alkanes) is 12. The van der Waals surface area contributed by atoms with Crippen LogP contribution in [0.3, 0.4) is 0 Å². The summed E-state index contributed by atoms with van der Waals surface area (Å²) in [6.45, 7) is 0.269. The standard InChI is InChI=1S/C24H43O3PS.Zn/c1-3-5-7-9-11-13-15-18-22-19-17-21-24(27-28(25,26)29)23(22)20-16-14-12-10-8-6-4-2;/h17,19,21H,3-16,18,20H2,1-2H3,(H2,25,26,29);/q;+2/p-2. The summed E-state index contributed by atoms with van der Waals surface area (Å²) >= 11 is 4.50. The van der Waals surface area contributed by atoms with Gasteiger partial charge in [-0.05, 0) is 49.6 Å². The van der Waals surface area contributed by atoms with Gasteiger partial charge < -0.3 is 14.3 Å². The maximum absolute atomic E-state index is 11.5. The van der Waals surface area contributed by atoms with Crippen molar-refractivity contribution in [2.75, 3.05) is 0 Å². The minimum atomic E-state index is -4.21. The van der Waals surface area contributed by atoms with E-state index in [2.05, 4.69) is 31.7 Å². The van der Waals surface area contributed by atoms with Crippen LogP contribution in [-0.4, -0.2) is 0 Å². The Hall–Kier alpha value is 0.213. The molecule has 0 heterocycles. The fourth-order valence-corrected chi connectivity index (χ4v) is 4.52. The molecule has 0 radical (unpaired) electrons. The maximum atomic E-state index is 11.5. The molecule has 1 aromatic rings. The van der Waals surface area contributed by atoms with E-state index in [4.69, 9.17) is 4.52 Å². The molecule has 0 aliphatic heterocycles. The van der Waals surface area contributed by atoms with Gasteiger partial charge in [0.05, 0.1) is 0 Å². The van der Waals surface area contributed by atoms with Gasteiger partial charge in [-0.15, -0.1) is 0 Å². The molecular formula is C24H41O3PSZn. The van der Waals surface area contributed by atoms with Crippen LogP contribution in [0, 0.1) is 0 Å². The molecule has 0 unspecified atom stereocenters. The Morgan fingerprint density at radius 1 is 0.733 bits per heavy atom. The molecule has 0 spiro atoms. The molecule has 6 heteroatoms. The number of benzene rings is 1. The first kappa shape index (κ1) is 30.2. The first-order valence-corrected chi connectivity index (χ1v) is 14.4. The Morgan fingerprint density at radius 2 is 1.20 bits per heavy atom. The Morgan fingerprint density at radius 3 is 1.70 bits per heavy atom. The molecule has 0 N–H and O–H groups in total. The molecule has 1 rings (SSSR count). The fraction of sp³-hybridized carbons (Fsp3) is 0.750. The van der Waals surface area contributed by atoms with Crippen molar-refractivity contribution in [3.63, 3.8) is 0 Å². The Kier molecular flexibility index (Phi) is 18.9. The Labute approximate surface area is 203 Å².